The topological polar surface area (TPSA) is 66.6 Å². The summed E-state index contributed by atoms with van der Waals surface area (Å²) < 4.78 is 0. The van der Waals surface area contributed by atoms with Crippen molar-refractivity contribution in [3.8, 4) is 0 Å². The molecule has 98 valence electrons. The molecule has 0 amide bonds. The van der Waals surface area contributed by atoms with E-state index in [-0.39, 0.29) is 23.4 Å². The maximum absolute atomic E-state index is 11.1. The Morgan fingerprint density at radius 2 is 2.33 bits per heavy atom. The van der Waals surface area contributed by atoms with Crippen LogP contribution >= 0.6 is 11.6 Å². The number of hydrogen-bond acceptors (Lipinski definition) is 4. The molecule has 1 aliphatic rings. The van der Waals surface area contributed by atoms with Gasteiger partial charge in [0.2, 0.25) is 0 Å². The number of anilines is 1. The Morgan fingerprint density at radius 3 is 2.94 bits per heavy atom. The lowest BCUT2D eigenvalue weighted by Gasteiger charge is -2.27. The number of halogens is 1. The first-order valence-electron chi connectivity index (χ1n) is 5.86. The van der Waals surface area contributed by atoms with E-state index < -0.39 is 4.92 Å². The molecule has 0 aliphatic carbocycles. The van der Waals surface area contributed by atoms with Crippen LogP contribution in [-0.2, 0) is 0 Å². The first kappa shape index (κ1) is 13.1. The number of rotatable bonds is 3. The van der Waals surface area contributed by atoms with Crippen LogP contribution in [0.15, 0.2) is 18.2 Å². The number of nitro groups is 1. The molecule has 5 nitrogen and oxygen atoms in total. The van der Waals surface area contributed by atoms with Crippen molar-refractivity contribution in [3.63, 3.8) is 0 Å². The number of nitro benzene ring substituents is 1. The minimum atomic E-state index is -0.463. The molecule has 2 rings (SSSR count). The van der Waals surface area contributed by atoms with Crippen LogP contribution in [0.25, 0.3) is 0 Å². The molecule has 0 spiro atoms. The Morgan fingerprint density at radius 1 is 1.61 bits per heavy atom. The molecule has 1 aromatic rings. The Hall–Kier alpha value is -1.33. The van der Waals surface area contributed by atoms with Crippen LogP contribution in [-0.4, -0.2) is 29.2 Å². The van der Waals surface area contributed by atoms with E-state index in [4.69, 9.17) is 11.6 Å². The second-order valence-corrected chi connectivity index (χ2v) is 4.98. The van der Waals surface area contributed by atoms with Gasteiger partial charge in [-0.3, -0.25) is 10.1 Å². The van der Waals surface area contributed by atoms with Crippen LogP contribution in [0, 0.1) is 16.0 Å². The molecule has 0 aromatic heterocycles. The van der Waals surface area contributed by atoms with E-state index in [0.29, 0.717) is 18.2 Å². The van der Waals surface area contributed by atoms with Gasteiger partial charge in [-0.15, -0.1) is 0 Å². The molecule has 1 aromatic carbocycles. The fourth-order valence-corrected chi connectivity index (χ4v) is 2.74. The third-order valence-electron chi connectivity index (χ3n) is 3.53. The van der Waals surface area contributed by atoms with Crippen molar-refractivity contribution in [2.24, 2.45) is 5.92 Å². The lowest BCUT2D eigenvalue weighted by Crippen LogP contribution is -2.35. The number of benzene rings is 1. The summed E-state index contributed by atoms with van der Waals surface area (Å²) in [6.45, 7) is 2.73. The summed E-state index contributed by atoms with van der Waals surface area (Å²) in [7, 11) is 0. The lowest BCUT2D eigenvalue weighted by molar-refractivity contribution is -0.384. The van der Waals surface area contributed by atoms with Crippen molar-refractivity contribution in [1.29, 1.82) is 0 Å². The number of aliphatic hydroxyl groups excluding tert-OH is 1. The van der Waals surface area contributed by atoms with Crippen molar-refractivity contribution in [1.82, 2.24) is 0 Å². The highest BCUT2D eigenvalue weighted by Crippen LogP contribution is 2.39. The largest absolute Gasteiger partial charge is 0.394 e. The molecule has 1 fully saturated rings. The number of hydrogen-bond donors (Lipinski definition) is 1. The standard InChI is InChI=1S/C12H15ClN2O3/c1-8-5-6-14(11(8)7-16)10-4-2-3-9(13)12(10)15(17)18/h2-4,8,11,16H,5-7H2,1H3. The van der Waals surface area contributed by atoms with Gasteiger partial charge in [-0.25, -0.2) is 0 Å². The van der Waals surface area contributed by atoms with Gasteiger partial charge in [-0.2, -0.15) is 0 Å². The molecule has 0 radical (unpaired) electrons. The summed E-state index contributed by atoms with van der Waals surface area (Å²) in [4.78, 5) is 12.5. The second-order valence-electron chi connectivity index (χ2n) is 4.57. The molecule has 6 heteroatoms. The molecule has 18 heavy (non-hydrogen) atoms. The number of para-hydroxylation sites is 1. The molecule has 1 aliphatic heterocycles. The van der Waals surface area contributed by atoms with Gasteiger partial charge in [0.1, 0.15) is 10.7 Å². The predicted molar refractivity (Wildman–Crippen MR) is 70.1 cm³/mol. The van der Waals surface area contributed by atoms with Crippen molar-refractivity contribution >= 4 is 23.0 Å². The zero-order chi connectivity index (χ0) is 13.3. The monoisotopic (exact) mass is 270 g/mol. The van der Waals surface area contributed by atoms with E-state index >= 15 is 0 Å². The SMILES string of the molecule is CC1CCN(c2cccc(Cl)c2[N+](=O)[O-])C1CO. The average Bonchev–Trinajstić information content (AvgIpc) is 2.69. The van der Waals surface area contributed by atoms with E-state index in [1.807, 2.05) is 11.8 Å². The predicted octanol–water partition coefficient (Wildman–Crippen LogP) is 2.46. The normalized spacial score (nSPS) is 23.4. The van der Waals surface area contributed by atoms with Crippen molar-refractivity contribution < 1.29 is 10.0 Å². The van der Waals surface area contributed by atoms with Gasteiger partial charge in [-0.05, 0) is 24.5 Å². The summed E-state index contributed by atoms with van der Waals surface area (Å²) in [5.74, 6) is 0.314. The minimum Gasteiger partial charge on any atom is -0.394 e. The van der Waals surface area contributed by atoms with Crippen molar-refractivity contribution in [2.75, 3.05) is 18.1 Å². The summed E-state index contributed by atoms with van der Waals surface area (Å²) in [6, 6.07) is 4.81. The summed E-state index contributed by atoms with van der Waals surface area (Å²) in [6.07, 6.45) is 0.912. The van der Waals surface area contributed by atoms with Crippen LogP contribution in [0.2, 0.25) is 5.02 Å². The molecular weight excluding hydrogens is 256 g/mol. The van der Waals surface area contributed by atoms with Gasteiger partial charge >= 0.3 is 5.69 Å². The zero-order valence-corrected chi connectivity index (χ0v) is 10.8. The maximum atomic E-state index is 11.1. The van der Waals surface area contributed by atoms with E-state index in [2.05, 4.69) is 0 Å². The minimum absolute atomic E-state index is 0.00909. The van der Waals surface area contributed by atoms with Crippen LogP contribution < -0.4 is 4.90 Å². The highest BCUT2D eigenvalue weighted by Gasteiger charge is 2.34. The van der Waals surface area contributed by atoms with Crippen molar-refractivity contribution in [2.45, 2.75) is 19.4 Å². The highest BCUT2D eigenvalue weighted by molar-refractivity contribution is 6.33. The van der Waals surface area contributed by atoms with Gasteiger partial charge in [0.25, 0.3) is 0 Å². The van der Waals surface area contributed by atoms with Gasteiger partial charge in [0.15, 0.2) is 0 Å². The second kappa shape index (κ2) is 5.12. The number of nitrogens with zero attached hydrogens (tertiary/aromatic N) is 2. The maximum Gasteiger partial charge on any atom is 0.310 e. The third-order valence-corrected chi connectivity index (χ3v) is 3.83. The Labute approximate surface area is 110 Å². The molecule has 1 heterocycles. The summed E-state index contributed by atoms with van der Waals surface area (Å²) in [5, 5.41) is 20.7. The third kappa shape index (κ3) is 2.15. The first-order valence-corrected chi connectivity index (χ1v) is 6.24. The lowest BCUT2D eigenvalue weighted by atomic mass is 10.0. The van der Waals surface area contributed by atoms with Gasteiger partial charge in [-0.1, -0.05) is 24.6 Å². The number of aliphatic hydroxyl groups is 1. The van der Waals surface area contributed by atoms with Gasteiger partial charge in [0.05, 0.1) is 17.6 Å². The van der Waals surface area contributed by atoms with E-state index in [1.54, 1.807) is 12.1 Å². The molecular formula is C12H15ClN2O3. The molecule has 0 saturated carbocycles. The fraction of sp³-hybridized carbons (Fsp3) is 0.500. The Balaban J connectivity index is 2.45. The summed E-state index contributed by atoms with van der Waals surface area (Å²) >= 11 is 5.90. The molecule has 1 N–H and O–H groups in total. The first-order chi connectivity index (χ1) is 8.56. The molecule has 0 bridgehead atoms. The zero-order valence-electron chi connectivity index (χ0n) is 10.0. The van der Waals surface area contributed by atoms with E-state index in [0.717, 1.165) is 6.42 Å². The van der Waals surface area contributed by atoms with Crippen LogP contribution in [0.3, 0.4) is 0 Å². The van der Waals surface area contributed by atoms with Crippen molar-refractivity contribution in [3.05, 3.63) is 33.3 Å². The van der Waals surface area contributed by atoms with E-state index in [1.165, 1.54) is 6.07 Å². The quantitative estimate of drug-likeness (QED) is 0.677. The molecule has 1 saturated heterocycles. The van der Waals surface area contributed by atoms with Crippen LogP contribution in [0.1, 0.15) is 13.3 Å². The molecule has 2 atom stereocenters. The van der Waals surface area contributed by atoms with E-state index in [9.17, 15) is 15.2 Å². The van der Waals surface area contributed by atoms with Gasteiger partial charge in [0, 0.05) is 6.54 Å². The Bertz CT molecular complexity index is 467. The van der Waals surface area contributed by atoms with Crippen LogP contribution in [0.4, 0.5) is 11.4 Å². The summed E-state index contributed by atoms with van der Waals surface area (Å²) in [5.41, 5.74) is 0.419. The smallest absolute Gasteiger partial charge is 0.310 e. The fourth-order valence-electron chi connectivity index (χ4n) is 2.50. The average molecular weight is 271 g/mol. The van der Waals surface area contributed by atoms with Gasteiger partial charge < -0.3 is 10.0 Å². The highest BCUT2D eigenvalue weighted by atomic mass is 35.5. The van der Waals surface area contributed by atoms with Crippen LogP contribution in [0.5, 0.6) is 0 Å². The molecule has 2 unspecified atom stereocenters. The Kier molecular flexibility index (Phi) is 3.73.